The first kappa shape index (κ1) is 66.7. The third-order valence-electron chi connectivity index (χ3n) is 12.5. The average Bonchev–Trinajstić information content (AvgIpc) is 2.59. The van der Waals surface area contributed by atoms with Crippen molar-refractivity contribution in [2.24, 2.45) is 0 Å². The number of anilines is 2. The van der Waals surface area contributed by atoms with Gasteiger partial charge in [-0.2, -0.15) is 52.7 Å². The average molecular weight is 1200 g/mol. The number of alkyl halides is 12. The van der Waals surface area contributed by atoms with Gasteiger partial charge in [0.1, 0.15) is 11.2 Å². The van der Waals surface area contributed by atoms with Crippen LogP contribution in [0.15, 0.2) is 84.9 Å². The van der Waals surface area contributed by atoms with Gasteiger partial charge >= 0.3 is 48.8 Å². The van der Waals surface area contributed by atoms with Crippen molar-refractivity contribution in [2.45, 2.75) is 135 Å². The lowest BCUT2D eigenvalue weighted by molar-refractivity contribution is -0.144. The van der Waals surface area contributed by atoms with Gasteiger partial charge in [0.15, 0.2) is 0 Å². The predicted octanol–water partition coefficient (Wildman–Crippen LogP) is 14.6. The van der Waals surface area contributed by atoms with Crippen LogP contribution in [0.1, 0.15) is 142 Å². The lowest BCUT2D eigenvalue weighted by Crippen LogP contribution is -2.40. The van der Waals surface area contributed by atoms with Crippen molar-refractivity contribution >= 4 is 59.5 Å². The Labute approximate surface area is 474 Å². The third kappa shape index (κ3) is 19.8. The number of rotatable bonds is 15. The summed E-state index contributed by atoms with van der Waals surface area (Å²) in [5.41, 5.74) is -4.76. The summed E-state index contributed by atoms with van der Waals surface area (Å²) >= 11 is 0. The van der Waals surface area contributed by atoms with Crippen molar-refractivity contribution in [1.82, 2.24) is 9.80 Å². The van der Waals surface area contributed by atoms with E-state index in [0.717, 1.165) is 33.9 Å². The number of amides is 4. The van der Waals surface area contributed by atoms with Crippen LogP contribution < -0.4 is 10.6 Å². The summed E-state index contributed by atoms with van der Waals surface area (Å²) in [6.45, 7) is 11.4. The van der Waals surface area contributed by atoms with Gasteiger partial charge < -0.3 is 39.8 Å². The second-order valence-corrected chi connectivity index (χ2v) is 21.3. The molecular weight excluding hydrogens is 1140 g/mol. The van der Waals surface area contributed by atoms with E-state index in [-0.39, 0.29) is 31.8 Å². The van der Waals surface area contributed by atoms with Gasteiger partial charge in [-0.1, -0.05) is 36.4 Å². The van der Waals surface area contributed by atoms with Crippen LogP contribution in [0, 0.1) is 0 Å². The molecule has 0 saturated heterocycles. The lowest BCUT2D eigenvalue weighted by atomic mass is 10.0. The molecule has 4 aromatic rings. The molecule has 2 aliphatic rings. The number of aryl methyl sites for hydroxylation is 2. The number of fused-ring (bicyclic) bond motifs is 2. The van der Waals surface area contributed by atoms with Crippen LogP contribution >= 0.6 is 0 Å². The molecule has 3 N–H and O–H groups in total. The van der Waals surface area contributed by atoms with E-state index < -0.39 is 130 Å². The zero-order valence-electron chi connectivity index (χ0n) is 46.3. The number of carboxylic acid groups (broad SMARTS) is 1. The number of halogens is 12. The number of hydrogen-bond acceptors (Lipinski definition) is 9. The van der Waals surface area contributed by atoms with Crippen molar-refractivity contribution in [3.63, 3.8) is 0 Å². The molecule has 2 atom stereocenters. The molecule has 2 aliphatic carbocycles. The van der Waals surface area contributed by atoms with Crippen LogP contribution in [-0.2, 0) is 70.9 Å². The lowest BCUT2D eigenvalue weighted by Gasteiger charge is -2.32. The molecule has 0 fully saturated rings. The number of carboxylic acids is 1. The number of hydrogen-bond donors (Lipinski definition) is 3. The largest absolute Gasteiger partial charge is 0.478 e. The molecular formula is C58H60F12N4O10. The quantitative estimate of drug-likeness (QED) is 0.0448. The van der Waals surface area contributed by atoms with Gasteiger partial charge in [-0.05, 0) is 156 Å². The van der Waals surface area contributed by atoms with Crippen molar-refractivity contribution < 1.29 is 101 Å². The molecule has 14 nitrogen and oxygen atoms in total. The minimum atomic E-state index is -5.08. The van der Waals surface area contributed by atoms with E-state index in [4.69, 9.17) is 19.3 Å². The Balaban J connectivity index is 0.000000308. The standard InChI is InChI=1S/C30H32F6N2O5.C28H28F6N2O5/c1-5-42-26(40)11-7-18-6-9-23-19(14-18)8-10-24(23)38(27(41)43-28(2,3)4)13-12-25(39)37-22-16-20(29(31,32)33)15-21(17-22)30(34,35)36;1-26(2,3)41-25(40)36(22-8-6-17-12-16(4-7-21(17)22)5-9-24(38)39)11-10-23(37)35-20-14-18(27(29,30)31)13-19(15-20)28(32,33)34/h6-7,9,11,14-17,24H,5,8,10,12-13H2,1-4H3,(H,37,39);4-5,7,9,12-15,22H,6,8,10-11H2,1-3H3,(H,35,37)(H,38,39)/b11-7+;9-5+. The van der Waals surface area contributed by atoms with Gasteiger partial charge in [0.05, 0.1) is 40.9 Å². The van der Waals surface area contributed by atoms with Gasteiger partial charge in [-0.15, -0.1) is 0 Å². The summed E-state index contributed by atoms with van der Waals surface area (Å²) in [6.07, 6.45) is -15.3. The topological polar surface area (TPSA) is 181 Å². The summed E-state index contributed by atoms with van der Waals surface area (Å²) in [5.74, 6) is -3.40. The molecule has 0 bridgehead atoms. The molecule has 0 aromatic heterocycles. The fraction of sp³-hybridized carbons (Fsp3) is 0.414. The number of nitrogens with zero attached hydrogens (tertiary/aromatic N) is 2. The minimum Gasteiger partial charge on any atom is -0.478 e. The highest BCUT2D eigenvalue weighted by Crippen LogP contribution is 2.42. The van der Waals surface area contributed by atoms with Crippen LogP contribution in [0.5, 0.6) is 0 Å². The second kappa shape index (κ2) is 26.7. The zero-order chi connectivity index (χ0) is 62.9. The van der Waals surface area contributed by atoms with E-state index in [1.807, 2.05) is 6.07 Å². The molecule has 84 heavy (non-hydrogen) atoms. The molecule has 26 heteroatoms. The van der Waals surface area contributed by atoms with Gasteiger partial charge in [0.25, 0.3) is 0 Å². The highest BCUT2D eigenvalue weighted by atomic mass is 19.4. The van der Waals surface area contributed by atoms with E-state index in [1.165, 1.54) is 22.0 Å². The van der Waals surface area contributed by atoms with Crippen LogP contribution in [0.4, 0.5) is 73.6 Å². The number of nitrogens with one attached hydrogen (secondary N) is 2. The van der Waals surface area contributed by atoms with E-state index in [9.17, 15) is 81.5 Å². The molecule has 0 saturated carbocycles. The van der Waals surface area contributed by atoms with Crippen molar-refractivity contribution in [3.8, 4) is 0 Å². The highest BCUT2D eigenvalue weighted by molar-refractivity contribution is 5.92. The number of carbonyl (C=O) groups excluding carboxylic acids is 5. The third-order valence-corrected chi connectivity index (χ3v) is 12.5. The van der Waals surface area contributed by atoms with Crippen LogP contribution in [-0.4, -0.2) is 81.7 Å². The smallest absolute Gasteiger partial charge is 0.416 e. The van der Waals surface area contributed by atoms with Gasteiger partial charge in [-0.25, -0.2) is 19.2 Å². The minimum absolute atomic E-state index is 0.0323. The molecule has 2 unspecified atom stereocenters. The van der Waals surface area contributed by atoms with Gasteiger partial charge in [0, 0.05) is 49.5 Å². The van der Waals surface area contributed by atoms with Crippen molar-refractivity contribution in [2.75, 3.05) is 30.3 Å². The fourth-order valence-electron chi connectivity index (χ4n) is 8.94. The Kier molecular flexibility index (Phi) is 21.2. The summed E-state index contributed by atoms with van der Waals surface area (Å²) in [6, 6.07) is 11.1. The van der Waals surface area contributed by atoms with Crippen molar-refractivity contribution in [1.29, 1.82) is 0 Å². The first-order chi connectivity index (χ1) is 38.7. The Bertz CT molecular complexity index is 3070. The summed E-state index contributed by atoms with van der Waals surface area (Å²) in [4.78, 5) is 76.8. The van der Waals surface area contributed by atoms with Gasteiger partial charge in [0.2, 0.25) is 11.8 Å². The number of ether oxygens (including phenoxy) is 3. The molecule has 6 rings (SSSR count). The van der Waals surface area contributed by atoms with E-state index >= 15 is 0 Å². The van der Waals surface area contributed by atoms with E-state index in [0.29, 0.717) is 55.5 Å². The Morgan fingerprint density at radius 1 is 0.536 bits per heavy atom. The summed E-state index contributed by atoms with van der Waals surface area (Å²) in [5, 5.41) is 13.0. The number of benzene rings is 4. The number of aliphatic carboxylic acids is 1. The maximum absolute atomic E-state index is 13.2. The van der Waals surface area contributed by atoms with E-state index in [1.54, 1.807) is 84.9 Å². The Morgan fingerprint density at radius 2 is 0.881 bits per heavy atom. The molecule has 4 amide bonds. The van der Waals surface area contributed by atoms with Crippen LogP contribution in [0.25, 0.3) is 12.2 Å². The zero-order valence-corrected chi connectivity index (χ0v) is 46.3. The maximum Gasteiger partial charge on any atom is 0.416 e. The maximum atomic E-state index is 13.2. The normalized spacial score (nSPS) is 15.4. The Hall–Kier alpha value is -8.06. The monoisotopic (exact) mass is 1200 g/mol. The SMILES string of the molecule is CC(C)(C)OC(=O)N(CCC(=O)Nc1cc(C(F)(F)F)cc(C(F)(F)F)c1)C1CCc2cc(/C=C/C(=O)O)ccc21.CCOC(=O)/C=C/c1ccc2c(c1)CCC2N(CCC(=O)Nc1cc(C(F)(F)F)cc(C(F)(F)F)c1)C(=O)OC(C)(C)C. The molecule has 0 spiro atoms. The molecule has 456 valence electrons. The fourth-order valence-corrected chi connectivity index (χ4v) is 8.94. The molecule has 0 radical (unpaired) electrons. The molecule has 4 aromatic carbocycles. The number of carbonyl (C=O) groups is 6. The van der Waals surface area contributed by atoms with E-state index in [2.05, 4.69) is 10.6 Å². The summed E-state index contributed by atoms with van der Waals surface area (Å²) < 4.78 is 174. The van der Waals surface area contributed by atoms with Crippen molar-refractivity contribution in [3.05, 3.63) is 141 Å². The Morgan fingerprint density at radius 3 is 1.19 bits per heavy atom. The predicted molar refractivity (Wildman–Crippen MR) is 283 cm³/mol. The molecule has 0 heterocycles. The van der Waals surface area contributed by atoms with Crippen LogP contribution in [0.3, 0.4) is 0 Å². The summed E-state index contributed by atoms with van der Waals surface area (Å²) in [7, 11) is 0. The molecule has 0 aliphatic heterocycles. The first-order valence-electron chi connectivity index (χ1n) is 25.9. The first-order valence-corrected chi connectivity index (χ1v) is 25.9. The highest BCUT2D eigenvalue weighted by Gasteiger charge is 2.40. The van der Waals surface area contributed by atoms with Crippen LogP contribution in [0.2, 0.25) is 0 Å². The van der Waals surface area contributed by atoms with Gasteiger partial charge in [-0.3, -0.25) is 9.59 Å². The second-order valence-electron chi connectivity index (χ2n) is 21.3. The number of esters is 1.